The molecule has 0 amide bonds. The summed E-state index contributed by atoms with van der Waals surface area (Å²) in [5, 5.41) is 4.61. The lowest BCUT2D eigenvalue weighted by Crippen LogP contribution is -1.95. The van der Waals surface area contributed by atoms with Crippen LogP contribution in [0.3, 0.4) is 0 Å². The maximum atomic E-state index is 5.61. The van der Waals surface area contributed by atoms with E-state index in [9.17, 15) is 0 Å². The van der Waals surface area contributed by atoms with Crippen molar-refractivity contribution in [1.82, 2.24) is 0 Å². The minimum Gasteiger partial charge on any atom is -0.653 e. The fourth-order valence-electron chi connectivity index (χ4n) is 3.22. The average Bonchev–Trinajstić information content (AvgIpc) is 2.66. The first-order valence-corrected chi connectivity index (χ1v) is 8.55. The van der Waals surface area contributed by atoms with Crippen LogP contribution in [0.4, 0.5) is 0 Å². The zero-order valence-corrected chi connectivity index (χ0v) is 15.2. The predicted octanol–water partition coefficient (Wildman–Crippen LogP) is 4.58. The molecule has 4 radical (unpaired) electrons. The van der Waals surface area contributed by atoms with Crippen LogP contribution in [0.2, 0.25) is 0 Å². The van der Waals surface area contributed by atoms with Gasteiger partial charge in [-0.2, -0.15) is 0 Å². The van der Waals surface area contributed by atoms with Gasteiger partial charge in [0, 0.05) is 11.1 Å². The first-order chi connectivity index (χ1) is 11.8. The Morgan fingerprint density at radius 1 is 0.500 bits per heavy atom. The van der Waals surface area contributed by atoms with Gasteiger partial charge in [0.2, 0.25) is 0 Å². The van der Waals surface area contributed by atoms with Crippen molar-refractivity contribution in [3.63, 3.8) is 0 Å². The molecular formula is C20H12Al2O2. The van der Waals surface area contributed by atoms with Gasteiger partial charge in [-0.3, -0.25) is 0 Å². The van der Waals surface area contributed by atoms with Crippen LogP contribution >= 0.6 is 0 Å². The second kappa shape index (κ2) is 6.52. The molecule has 0 saturated carbocycles. The predicted molar refractivity (Wildman–Crippen MR) is 99.7 cm³/mol. The third-order valence-corrected chi connectivity index (χ3v) is 4.79. The minimum atomic E-state index is 0.804. The highest BCUT2D eigenvalue weighted by molar-refractivity contribution is 6.12. The van der Waals surface area contributed by atoms with Gasteiger partial charge in [0.15, 0.2) is 0 Å². The number of rotatable bonds is 3. The zero-order chi connectivity index (χ0) is 16.5. The van der Waals surface area contributed by atoms with Crippen LogP contribution < -0.4 is 7.58 Å². The van der Waals surface area contributed by atoms with Crippen molar-refractivity contribution in [3.8, 4) is 22.6 Å². The first kappa shape index (κ1) is 15.6. The Bertz CT molecular complexity index is 959. The highest BCUT2D eigenvalue weighted by Gasteiger charge is 2.16. The molecule has 110 valence electrons. The van der Waals surface area contributed by atoms with Crippen LogP contribution in [0.5, 0.6) is 11.5 Å². The molecule has 4 rings (SSSR count). The fourth-order valence-corrected chi connectivity index (χ4v) is 3.61. The molecule has 0 bridgehead atoms. The second-order valence-corrected chi connectivity index (χ2v) is 6.03. The molecule has 4 aromatic rings. The summed E-state index contributed by atoms with van der Waals surface area (Å²) in [4.78, 5) is 0. The summed E-state index contributed by atoms with van der Waals surface area (Å²) >= 11 is 4.70. The van der Waals surface area contributed by atoms with E-state index in [4.69, 9.17) is 7.58 Å². The molecule has 4 aromatic carbocycles. The van der Waals surface area contributed by atoms with Crippen molar-refractivity contribution in [2.75, 3.05) is 0 Å². The van der Waals surface area contributed by atoms with Gasteiger partial charge in [0.25, 0.3) is 0 Å². The van der Waals surface area contributed by atoms with Gasteiger partial charge in [-0.05, 0) is 33.7 Å². The number of hydrogen-bond acceptors (Lipinski definition) is 2. The molecule has 0 spiro atoms. The number of fused-ring (bicyclic) bond motifs is 2. The molecule has 0 aliphatic rings. The molecule has 0 N–H and O–H groups in total. The van der Waals surface area contributed by atoms with Gasteiger partial charge in [-0.15, -0.1) is 0 Å². The summed E-state index contributed by atoms with van der Waals surface area (Å²) in [7, 11) is 0. The SMILES string of the molecule is [Al][O]c1ccc2ccccc2c1-c1c([O][Al])ccc2ccccc12. The Labute approximate surface area is 157 Å². The molecule has 0 aliphatic heterocycles. The van der Waals surface area contributed by atoms with E-state index in [0.29, 0.717) is 0 Å². The summed E-state index contributed by atoms with van der Waals surface area (Å²) in [6.45, 7) is 0. The largest absolute Gasteiger partial charge is 0.653 e. The maximum Gasteiger partial charge on any atom is 0.482 e. The molecule has 0 saturated heterocycles. The van der Waals surface area contributed by atoms with Gasteiger partial charge < -0.3 is 7.58 Å². The molecule has 0 aromatic heterocycles. The molecular weight excluding hydrogens is 326 g/mol. The van der Waals surface area contributed by atoms with Crippen LogP contribution in [0.25, 0.3) is 32.7 Å². The van der Waals surface area contributed by atoms with E-state index in [2.05, 4.69) is 69.6 Å². The quantitative estimate of drug-likeness (QED) is 0.509. The number of benzene rings is 4. The van der Waals surface area contributed by atoms with E-state index in [-0.39, 0.29) is 0 Å². The number of hydrogen-bond donors (Lipinski definition) is 0. The van der Waals surface area contributed by atoms with Gasteiger partial charge in [0.1, 0.15) is 0 Å². The average molecular weight is 338 g/mol. The van der Waals surface area contributed by atoms with E-state index >= 15 is 0 Å². The van der Waals surface area contributed by atoms with Crippen LogP contribution in [0.15, 0.2) is 72.8 Å². The van der Waals surface area contributed by atoms with E-state index in [0.717, 1.165) is 33.4 Å². The lowest BCUT2D eigenvalue weighted by molar-refractivity contribution is 0.610. The summed E-state index contributed by atoms with van der Waals surface area (Å²) in [5.41, 5.74) is 2.08. The van der Waals surface area contributed by atoms with Crippen LogP contribution in [-0.2, 0) is 0 Å². The summed E-state index contributed by atoms with van der Waals surface area (Å²) in [6, 6.07) is 24.8. The van der Waals surface area contributed by atoms with Gasteiger partial charge >= 0.3 is 33.2 Å². The Hall–Kier alpha value is -1.94. The molecule has 0 aliphatic carbocycles. The van der Waals surface area contributed by atoms with Gasteiger partial charge in [-0.1, -0.05) is 60.7 Å². The normalized spacial score (nSPS) is 10.8. The standard InChI is InChI=1S/C20H14O2.2Al/c21-17-11-9-13-5-1-3-7-15(13)19(17)20-16-8-4-2-6-14(16)10-12-18(20)22;;/h1-12,21-22H;;/q;2*+1/p-2. The first-order valence-electron chi connectivity index (χ1n) is 7.61. The van der Waals surface area contributed by atoms with Crippen molar-refractivity contribution in [2.24, 2.45) is 0 Å². The van der Waals surface area contributed by atoms with Gasteiger partial charge in [0.05, 0.1) is 11.5 Å². The maximum absolute atomic E-state index is 5.61. The van der Waals surface area contributed by atoms with Crippen molar-refractivity contribution >= 4 is 54.8 Å². The summed E-state index contributed by atoms with van der Waals surface area (Å²) in [5.74, 6) is 1.61. The third kappa shape index (κ3) is 2.50. The van der Waals surface area contributed by atoms with Crippen molar-refractivity contribution in [2.45, 2.75) is 0 Å². The Balaban J connectivity index is 2.21. The lowest BCUT2D eigenvalue weighted by Gasteiger charge is -2.19. The van der Waals surface area contributed by atoms with Crippen LogP contribution in [-0.4, -0.2) is 33.2 Å². The Kier molecular flexibility index (Phi) is 4.23. The topological polar surface area (TPSA) is 18.5 Å². The second-order valence-electron chi connectivity index (χ2n) is 5.56. The summed E-state index contributed by atoms with van der Waals surface area (Å²) in [6.07, 6.45) is 0. The zero-order valence-electron chi connectivity index (χ0n) is 12.9. The molecule has 0 fully saturated rings. The monoisotopic (exact) mass is 338 g/mol. The Morgan fingerprint density at radius 2 is 0.917 bits per heavy atom. The fraction of sp³-hybridized carbons (Fsp3) is 0. The van der Waals surface area contributed by atoms with Gasteiger partial charge in [-0.25, -0.2) is 0 Å². The van der Waals surface area contributed by atoms with Crippen LogP contribution in [0.1, 0.15) is 0 Å². The minimum absolute atomic E-state index is 0.804. The van der Waals surface area contributed by atoms with E-state index in [1.54, 1.807) is 0 Å². The van der Waals surface area contributed by atoms with Crippen molar-refractivity contribution in [1.29, 1.82) is 0 Å². The van der Waals surface area contributed by atoms with Crippen molar-refractivity contribution < 1.29 is 7.58 Å². The van der Waals surface area contributed by atoms with Crippen molar-refractivity contribution in [3.05, 3.63) is 72.8 Å². The summed E-state index contributed by atoms with van der Waals surface area (Å²) < 4.78 is 11.2. The van der Waals surface area contributed by atoms with Crippen LogP contribution in [0, 0.1) is 0 Å². The molecule has 0 atom stereocenters. The third-order valence-electron chi connectivity index (χ3n) is 4.29. The molecule has 2 nitrogen and oxygen atoms in total. The van der Waals surface area contributed by atoms with E-state index in [1.165, 1.54) is 10.8 Å². The molecule has 0 unspecified atom stereocenters. The highest BCUT2D eigenvalue weighted by atomic mass is 27.1. The highest BCUT2D eigenvalue weighted by Crippen LogP contribution is 2.44. The van der Waals surface area contributed by atoms with E-state index < -0.39 is 0 Å². The molecule has 4 heteroatoms. The lowest BCUT2D eigenvalue weighted by atomic mass is 9.92. The Morgan fingerprint density at radius 3 is 1.33 bits per heavy atom. The smallest absolute Gasteiger partial charge is 0.482 e. The molecule has 0 heterocycles. The molecule has 24 heavy (non-hydrogen) atoms. The van der Waals surface area contributed by atoms with E-state index in [1.807, 2.05) is 36.4 Å².